The SMILES string of the molecule is CCC(F)(F)C(F)(F)C(F)(F)OCCCCCCO. The molecule has 0 aromatic heterocycles. The third-order valence-corrected chi connectivity index (χ3v) is 2.60. The van der Waals surface area contributed by atoms with Crippen LogP contribution in [0.1, 0.15) is 39.0 Å². The van der Waals surface area contributed by atoms with Crippen LogP contribution in [0.3, 0.4) is 0 Å². The summed E-state index contributed by atoms with van der Waals surface area (Å²) in [7, 11) is 0. The van der Waals surface area contributed by atoms with Crippen molar-refractivity contribution in [2.24, 2.45) is 0 Å². The summed E-state index contributed by atoms with van der Waals surface area (Å²) in [4.78, 5) is 0. The number of ether oxygens (including phenoxy) is 1. The molecule has 0 bridgehead atoms. The molecule has 0 heterocycles. The highest BCUT2D eigenvalue weighted by Gasteiger charge is 2.71. The molecule has 2 nitrogen and oxygen atoms in total. The molecule has 0 aromatic carbocycles. The maximum absolute atomic E-state index is 13.0. The van der Waals surface area contributed by atoms with Gasteiger partial charge < -0.3 is 9.84 Å². The lowest BCUT2D eigenvalue weighted by Gasteiger charge is -2.31. The van der Waals surface area contributed by atoms with Gasteiger partial charge in [-0.25, -0.2) is 0 Å². The van der Waals surface area contributed by atoms with Gasteiger partial charge in [0.25, 0.3) is 0 Å². The average molecular weight is 296 g/mol. The second-order valence-electron chi connectivity index (χ2n) is 4.14. The summed E-state index contributed by atoms with van der Waals surface area (Å²) in [5, 5.41) is 8.44. The van der Waals surface area contributed by atoms with Crippen LogP contribution in [-0.4, -0.2) is 36.3 Å². The van der Waals surface area contributed by atoms with Crippen molar-refractivity contribution in [2.75, 3.05) is 13.2 Å². The van der Waals surface area contributed by atoms with Crippen LogP contribution in [0, 0.1) is 0 Å². The van der Waals surface area contributed by atoms with Crippen LogP contribution >= 0.6 is 0 Å². The number of hydrogen-bond donors (Lipinski definition) is 1. The van der Waals surface area contributed by atoms with E-state index in [0.717, 1.165) is 0 Å². The summed E-state index contributed by atoms with van der Waals surface area (Å²) in [5.74, 6) is -10.4. The second kappa shape index (κ2) is 7.33. The fourth-order valence-corrected chi connectivity index (χ4v) is 1.29. The molecule has 0 unspecified atom stereocenters. The van der Waals surface area contributed by atoms with Gasteiger partial charge in [-0.2, -0.15) is 26.3 Å². The summed E-state index contributed by atoms with van der Waals surface area (Å²) in [5.41, 5.74) is 0. The van der Waals surface area contributed by atoms with Crippen LogP contribution in [0.2, 0.25) is 0 Å². The van der Waals surface area contributed by atoms with Gasteiger partial charge in [0.2, 0.25) is 0 Å². The van der Waals surface area contributed by atoms with Gasteiger partial charge in [-0.05, 0) is 12.8 Å². The number of aliphatic hydroxyl groups is 1. The first kappa shape index (κ1) is 18.5. The lowest BCUT2D eigenvalue weighted by molar-refractivity contribution is -0.398. The van der Waals surface area contributed by atoms with E-state index in [1.807, 2.05) is 0 Å². The zero-order chi connectivity index (χ0) is 15.2. The summed E-state index contributed by atoms with van der Waals surface area (Å²) >= 11 is 0. The summed E-state index contributed by atoms with van der Waals surface area (Å²) in [6.45, 7) is -0.107. The summed E-state index contributed by atoms with van der Waals surface area (Å²) < 4.78 is 81.0. The van der Waals surface area contributed by atoms with Crippen molar-refractivity contribution in [3.63, 3.8) is 0 Å². The first-order chi connectivity index (χ1) is 8.62. The largest absolute Gasteiger partial charge is 0.425 e. The molecule has 1 N–H and O–H groups in total. The molecular formula is C11H18F6O2. The van der Waals surface area contributed by atoms with Gasteiger partial charge in [-0.1, -0.05) is 19.8 Å². The average Bonchev–Trinajstić information content (AvgIpc) is 2.33. The van der Waals surface area contributed by atoms with E-state index < -0.39 is 31.0 Å². The monoisotopic (exact) mass is 296 g/mol. The maximum atomic E-state index is 13.0. The zero-order valence-corrected chi connectivity index (χ0v) is 10.6. The number of halogens is 6. The van der Waals surface area contributed by atoms with Crippen LogP contribution in [0.4, 0.5) is 26.3 Å². The molecule has 0 aliphatic heterocycles. The van der Waals surface area contributed by atoms with E-state index in [4.69, 9.17) is 5.11 Å². The van der Waals surface area contributed by atoms with Crippen LogP contribution in [0.25, 0.3) is 0 Å². The number of hydrogen-bond acceptors (Lipinski definition) is 2. The minimum Gasteiger partial charge on any atom is -0.396 e. The fourth-order valence-electron chi connectivity index (χ4n) is 1.29. The Morgan fingerprint density at radius 1 is 0.895 bits per heavy atom. The maximum Gasteiger partial charge on any atom is 0.425 e. The van der Waals surface area contributed by atoms with E-state index >= 15 is 0 Å². The molecule has 0 saturated carbocycles. The Hall–Kier alpha value is -0.500. The van der Waals surface area contributed by atoms with E-state index in [2.05, 4.69) is 4.74 Å². The van der Waals surface area contributed by atoms with E-state index in [-0.39, 0.29) is 13.0 Å². The van der Waals surface area contributed by atoms with Gasteiger partial charge in [-0.15, -0.1) is 0 Å². The Bertz CT molecular complexity index is 258. The van der Waals surface area contributed by atoms with Gasteiger partial charge >= 0.3 is 18.0 Å². The number of aliphatic hydroxyl groups excluding tert-OH is 1. The standard InChI is InChI=1S/C11H18F6O2/c1-2-9(12,13)10(14,15)11(16,17)19-8-6-4-3-5-7-18/h18H,2-8H2,1H3. The second-order valence-corrected chi connectivity index (χ2v) is 4.14. The highest BCUT2D eigenvalue weighted by atomic mass is 19.3. The van der Waals surface area contributed by atoms with Crippen molar-refractivity contribution in [3.8, 4) is 0 Å². The van der Waals surface area contributed by atoms with Crippen molar-refractivity contribution in [2.45, 2.75) is 57.0 Å². The Balaban J connectivity index is 4.30. The highest BCUT2D eigenvalue weighted by molar-refractivity contribution is 4.90. The minimum absolute atomic E-state index is 0.0311. The van der Waals surface area contributed by atoms with Crippen LogP contribution in [0.15, 0.2) is 0 Å². The molecule has 19 heavy (non-hydrogen) atoms. The Morgan fingerprint density at radius 3 is 1.89 bits per heavy atom. The van der Waals surface area contributed by atoms with Crippen LogP contribution < -0.4 is 0 Å². The molecule has 0 amide bonds. The van der Waals surface area contributed by atoms with Crippen molar-refractivity contribution < 1.29 is 36.2 Å². The normalized spacial score (nSPS) is 13.9. The molecule has 0 aliphatic carbocycles. The third-order valence-electron chi connectivity index (χ3n) is 2.60. The molecule has 0 radical (unpaired) electrons. The first-order valence-electron chi connectivity index (χ1n) is 6.00. The van der Waals surface area contributed by atoms with Gasteiger partial charge in [0.05, 0.1) is 6.61 Å². The molecule has 0 saturated heterocycles. The Labute approximate surface area is 107 Å². The lowest BCUT2D eigenvalue weighted by Crippen LogP contribution is -2.55. The van der Waals surface area contributed by atoms with Crippen molar-refractivity contribution in [1.82, 2.24) is 0 Å². The number of alkyl halides is 6. The van der Waals surface area contributed by atoms with E-state index in [1.54, 1.807) is 0 Å². The molecule has 8 heteroatoms. The number of unbranched alkanes of at least 4 members (excludes halogenated alkanes) is 3. The van der Waals surface area contributed by atoms with Crippen LogP contribution in [0.5, 0.6) is 0 Å². The lowest BCUT2D eigenvalue weighted by atomic mass is 10.1. The van der Waals surface area contributed by atoms with Crippen LogP contribution in [-0.2, 0) is 4.74 Å². The quantitative estimate of drug-likeness (QED) is 0.490. The van der Waals surface area contributed by atoms with Gasteiger partial charge in [0.1, 0.15) is 0 Å². The smallest absolute Gasteiger partial charge is 0.396 e. The van der Waals surface area contributed by atoms with E-state index in [1.165, 1.54) is 0 Å². The first-order valence-corrected chi connectivity index (χ1v) is 6.00. The third kappa shape index (κ3) is 4.83. The van der Waals surface area contributed by atoms with Crippen molar-refractivity contribution >= 4 is 0 Å². The summed E-state index contributed by atoms with van der Waals surface area (Å²) in [6, 6.07) is 0. The van der Waals surface area contributed by atoms with Gasteiger partial charge in [0, 0.05) is 13.0 Å². The predicted octanol–water partition coefficient (Wildman–Crippen LogP) is 3.83. The Kier molecular flexibility index (Phi) is 7.13. The molecule has 0 atom stereocenters. The highest BCUT2D eigenvalue weighted by Crippen LogP contribution is 2.47. The molecule has 0 fully saturated rings. The van der Waals surface area contributed by atoms with Crippen molar-refractivity contribution in [1.29, 1.82) is 0 Å². The number of rotatable bonds is 10. The topological polar surface area (TPSA) is 29.5 Å². The predicted molar refractivity (Wildman–Crippen MR) is 56.6 cm³/mol. The minimum atomic E-state index is -5.54. The van der Waals surface area contributed by atoms with Crippen molar-refractivity contribution in [3.05, 3.63) is 0 Å². The van der Waals surface area contributed by atoms with E-state index in [0.29, 0.717) is 26.2 Å². The Morgan fingerprint density at radius 2 is 1.42 bits per heavy atom. The zero-order valence-electron chi connectivity index (χ0n) is 10.6. The fraction of sp³-hybridized carbons (Fsp3) is 1.00. The molecular weight excluding hydrogens is 278 g/mol. The van der Waals surface area contributed by atoms with E-state index in [9.17, 15) is 26.3 Å². The molecule has 0 aromatic rings. The van der Waals surface area contributed by atoms with Gasteiger partial charge in [0.15, 0.2) is 0 Å². The molecule has 0 aliphatic rings. The van der Waals surface area contributed by atoms with Gasteiger partial charge in [-0.3, -0.25) is 0 Å². The molecule has 0 rings (SSSR count). The summed E-state index contributed by atoms with van der Waals surface area (Å²) in [6.07, 6.45) is -5.22. The molecule has 0 spiro atoms. The molecule has 116 valence electrons.